The van der Waals surface area contributed by atoms with Gasteiger partial charge in [0.1, 0.15) is 0 Å². The summed E-state index contributed by atoms with van der Waals surface area (Å²) in [7, 11) is 0. The van der Waals surface area contributed by atoms with Gasteiger partial charge >= 0.3 is 0 Å². The number of hydrogen-bond acceptors (Lipinski definition) is 1. The Labute approximate surface area is 132 Å². The molecule has 110 valence electrons. The molecule has 0 radical (unpaired) electrons. The van der Waals surface area contributed by atoms with Crippen LogP contribution in [-0.2, 0) is 6.42 Å². The Morgan fingerprint density at radius 1 is 1.25 bits per heavy atom. The lowest BCUT2D eigenvalue weighted by molar-refractivity contribution is 0.249. The highest BCUT2D eigenvalue weighted by Crippen LogP contribution is 2.50. The fourth-order valence-electron chi connectivity index (χ4n) is 4.35. The molecule has 1 N–H and O–H groups in total. The number of hydrogen-bond donors (Lipinski definition) is 1. The molecule has 2 aliphatic rings. The van der Waals surface area contributed by atoms with Crippen LogP contribution in [0.4, 0.5) is 0 Å². The zero-order chi connectivity index (χ0) is 14.1. The fraction of sp³-hybridized carbons (Fsp3) is 0.647. The van der Waals surface area contributed by atoms with Crippen LogP contribution >= 0.6 is 23.2 Å². The van der Waals surface area contributed by atoms with Crippen LogP contribution in [0, 0.1) is 17.8 Å². The first-order valence-corrected chi connectivity index (χ1v) is 8.60. The van der Waals surface area contributed by atoms with Crippen LogP contribution in [0.2, 0.25) is 10.0 Å². The molecular formula is C17H23Cl2N. The third kappa shape index (κ3) is 3.00. The summed E-state index contributed by atoms with van der Waals surface area (Å²) >= 11 is 12.3. The summed E-state index contributed by atoms with van der Waals surface area (Å²) < 4.78 is 0. The lowest BCUT2D eigenvalue weighted by Crippen LogP contribution is -2.40. The van der Waals surface area contributed by atoms with Gasteiger partial charge in [0.2, 0.25) is 0 Å². The Balaban J connectivity index is 1.74. The molecule has 4 atom stereocenters. The van der Waals surface area contributed by atoms with Crippen molar-refractivity contribution < 1.29 is 0 Å². The first-order chi connectivity index (χ1) is 9.67. The van der Waals surface area contributed by atoms with Crippen molar-refractivity contribution in [3.63, 3.8) is 0 Å². The predicted octanol–water partition coefficient (Wildman–Crippen LogP) is 4.95. The van der Waals surface area contributed by atoms with E-state index in [4.69, 9.17) is 23.2 Å². The molecule has 3 heteroatoms. The molecule has 0 aliphatic heterocycles. The number of fused-ring (bicyclic) bond motifs is 2. The van der Waals surface area contributed by atoms with Gasteiger partial charge in [-0.05, 0) is 67.7 Å². The number of likely N-dealkylation sites (N-methyl/N-ethyl adjacent to an activating group) is 1. The van der Waals surface area contributed by atoms with E-state index in [-0.39, 0.29) is 0 Å². The molecule has 1 aromatic carbocycles. The first-order valence-electron chi connectivity index (χ1n) is 7.84. The molecular weight excluding hydrogens is 289 g/mol. The van der Waals surface area contributed by atoms with E-state index in [2.05, 4.69) is 18.3 Å². The second-order valence-electron chi connectivity index (χ2n) is 6.44. The van der Waals surface area contributed by atoms with Crippen LogP contribution in [0.15, 0.2) is 18.2 Å². The van der Waals surface area contributed by atoms with E-state index in [1.165, 1.54) is 31.2 Å². The fourth-order valence-corrected chi connectivity index (χ4v) is 4.83. The summed E-state index contributed by atoms with van der Waals surface area (Å²) in [4.78, 5) is 0. The molecule has 4 unspecified atom stereocenters. The summed E-state index contributed by atoms with van der Waals surface area (Å²) in [5.74, 6) is 2.77. The van der Waals surface area contributed by atoms with Crippen molar-refractivity contribution >= 4 is 23.2 Å². The largest absolute Gasteiger partial charge is 0.314 e. The summed E-state index contributed by atoms with van der Waals surface area (Å²) in [6, 6.07) is 6.46. The van der Waals surface area contributed by atoms with Crippen molar-refractivity contribution in [2.24, 2.45) is 17.8 Å². The minimum Gasteiger partial charge on any atom is -0.314 e. The molecule has 1 aromatic rings. The van der Waals surface area contributed by atoms with Crippen molar-refractivity contribution in [1.29, 1.82) is 0 Å². The quantitative estimate of drug-likeness (QED) is 0.811. The lowest BCUT2D eigenvalue weighted by Gasteiger charge is -2.31. The van der Waals surface area contributed by atoms with Gasteiger partial charge in [-0.25, -0.2) is 0 Å². The van der Waals surface area contributed by atoms with Gasteiger partial charge in [-0.1, -0.05) is 42.6 Å². The van der Waals surface area contributed by atoms with Crippen LogP contribution in [0.3, 0.4) is 0 Å². The van der Waals surface area contributed by atoms with Gasteiger partial charge in [-0.2, -0.15) is 0 Å². The molecule has 20 heavy (non-hydrogen) atoms. The van der Waals surface area contributed by atoms with Gasteiger partial charge in [0.25, 0.3) is 0 Å². The maximum absolute atomic E-state index is 6.35. The maximum Gasteiger partial charge on any atom is 0.0453 e. The molecule has 2 saturated carbocycles. The Hall–Kier alpha value is -0.240. The average Bonchev–Trinajstić information content (AvgIpc) is 3.03. The van der Waals surface area contributed by atoms with Crippen LogP contribution in [-0.4, -0.2) is 12.6 Å². The molecule has 0 aromatic heterocycles. The second kappa shape index (κ2) is 6.25. The van der Waals surface area contributed by atoms with Crippen LogP contribution in [0.1, 0.15) is 38.2 Å². The highest BCUT2D eigenvalue weighted by atomic mass is 35.5. The van der Waals surface area contributed by atoms with E-state index in [1.54, 1.807) is 0 Å². The Morgan fingerprint density at radius 2 is 2.10 bits per heavy atom. The van der Waals surface area contributed by atoms with Gasteiger partial charge in [0.05, 0.1) is 0 Å². The highest BCUT2D eigenvalue weighted by Gasteiger charge is 2.42. The molecule has 2 aliphatic carbocycles. The van der Waals surface area contributed by atoms with Crippen molar-refractivity contribution in [2.45, 2.75) is 45.1 Å². The van der Waals surface area contributed by atoms with Crippen LogP contribution in [0.25, 0.3) is 0 Å². The Morgan fingerprint density at radius 3 is 2.70 bits per heavy atom. The first kappa shape index (κ1) is 14.7. The second-order valence-corrected chi connectivity index (χ2v) is 7.29. The molecule has 3 rings (SSSR count). The zero-order valence-corrected chi connectivity index (χ0v) is 13.6. The van der Waals surface area contributed by atoms with Gasteiger partial charge < -0.3 is 5.32 Å². The Bertz CT molecular complexity index is 474. The predicted molar refractivity (Wildman–Crippen MR) is 86.6 cm³/mol. The number of benzene rings is 1. The topological polar surface area (TPSA) is 12.0 Å². The third-order valence-electron chi connectivity index (χ3n) is 5.23. The van der Waals surface area contributed by atoms with E-state index in [1.807, 2.05) is 12.1 Å². The zero-order valence-electron chi connectivity index (χ0n) is 12.0. The minimum atomic E-state index is 0.564. The van der Waals surface area contributed by atoms with E-state index in [9.17, 15) is 0 Å². The van der Waals surface area contributed by atoms with Crippen molar-refractivity contribution in [3.05, 3.63) is 33.8 Å². The maximum atomic E-state index is 6.35. The monoisotopic (exact) mass is 311 g/mol. The standard InChI is InChI=1S/C17H23Cl2N/c1-2-20-17(15-8-11-3-4-12(15)7-11)9-13-5-6-14(18)10-16(13)19/h5-6,10-12,15,17,20H,2-4,7-9H2,1H3. The van der Waals surface area contributed by atoms with Gasteiger partial charge in [-0.15, -0.1) is 0 Å². The molecule has 2 fully saturated rings. The van der Waals surface area contributed by atoms with Gasteiger partial charge in [0, 0.05) is 16.1 Å². The summed E-state index contributed by atoms with van der Waals surface area (Å²) in [6.07, 6.45) is 6.79. The molecule has 2 bridgehead atoms. The van der Waals surface area contributed by atoms with Crippen molar-refractivity contribution in [3.8, 4) is 0 Å². The normalized spacial score (nSPS) is 29.9. The third-order valence-corrected chi connectivity index (χ3v) is 5.82. The molecule has 1 nitrogen and oxygen atoms in total. The molecule has 0 saturated heterocycles. The highest BCUT2D eigenvalue weighted by molar-refractivity contribution is 6.35. The summed E-state index contributed by atoms with van der Waals surface area (Å²) in [5, 5.41) is 5.24. The van der Waals surface area contributed by atoms with Crippen molar-refractivity contribution in [2.75, 3.05) is 6.54 Å². The minimum absolute atomic E-state index is 0.564. The lowest BCUT2D eigenvalue weighted by atomic mass is 9.81. The number of halogens is 2. The van der Waals surface area contributed by atoms with Crippen molar-refractivity contribution in [1.82, 2.24) is 5.32 Å². The Kier molecular flexibility index (Phi) is 4.59. The van der Waals surface area contributed by atoms with Gasteiger partial charge in [0.15, 0.2) is 0 Å². The number of nitrogens with one attached hydrogen (secondary N) is 1. The van der Waals surface area contributed by atoms with E-state index in [0.29, 0.717) is 6.04 Å². The smallest absolute Gasteiger partial charge is 0.0453 e. The molecule has 0 heterocycles. The summed E-state index contributed by atoms with van der Waals surface area (Å²) in [5.41, 5.74) is 1.23. The molecule has 0 spiro atoms. The average molecular weight is 312 g/mol. The summed E-state index contributed by atoms with van der Waals surface area (Å²) in [6.45, 7) is 3.23. The van der Waals surface area contributed by atoms with Crippen LogP contribution in [0.5, 0.6) is 0 Å². The van der Waals surface area contributed by atoms with Gasteiger partial charge in [-0.3, -0.25) is 0 Å². The van der Waals surface area contributed by atoms with Crippen LogP contribution < -0.4 is 5.32 Å². The van der Waals surface area contributed by atoms with E-state index in [0.717, 1.165) is 40.8 Å². The SMILES string of the molecule is CCNC(Cc1ccc(Cl)cc1Cl)C1CC2CCC1C2. The van der Waals surface area contributed by atoms with E-state index >= 15 is 0 Å². The molecule has 0 amide bonds. The number of rotatable bonds is 5. The van der Waals surface area contributed by atoms with E-state index < -0.39 is 0 Å².